The van der Waals surface area contributed by atoms with Crippen LogP contribution in [0.4, 0.5) is 4.39 Å². The summed E-state index contributed by atoms with van der Waals surface area (Å²) in [6.45, 7) is 10.7. The molecule has 3 unspecified atom stereocenters. The highest BCUT2D eigenvalue weighted by molar-refractivity contribution is 14.0. The van der Waals surface area contributed by atoms with E-state index in [4.69, 9.17) is 14.0 Å². The van der Waals surface area contributed by atoms with Crippen molar-refractivity contribution in [1.82, 2.24) is 20.4 Å². The molecule has 2 aromatic rings. The fraction of sp³-hybridized carbons (Fsp3) is 0.571. The van der Waals surface area contributed by atoms with Crippen molar-refractivity contribution in [1.29, 1.82) is 0 Å². The van der Waals surface area contributed by atoms with Crippen LogP contribution in [-0.4, -0.2) is 53.3 Å². The summed E-state index contributed by atoms with van der Waals surface area (Å²) in [6.07, 6.45) is -0.388. The summed E-state index contributed by atoms with van der Waals surface area (Å²) < 4.78 is 30.2. The second kappa shape index (κ2) is 12.3. The van der Waals surface area contributed by atoms with Gasteiger partial charge in [-0.05, 0) is 45.4 Å². The van der Waals surface area contributed by atoms with E-state index in [1.54, 1.807) is 12.1 Å². The number of halogens is 2. The highest BCUT2D eigenvalue weighted by Gasteiger charge is 2.28. The topological polar surface area (TPSA) is 85.0 Å². The Bertz CT molecular complexity index is 833. The van der Waals surface area contributed by atoms with E-state index in [1.807, 2.05) is 27.7 Å². The Morgan fingerprint density at radius 1 is 1.32 bits per heavy atom. The van der Waals surface area contributed by atoms with Crippen molar-refractivity contribution < 1.29 is 18.4 Å². The zero-order valence-electron chi connectivity index (χ0n) is 18.4. The van der Waals surface area contributed by atoms with Crippen LogP contribution in [0, 0.1) is 5.82 Å². The molecule has 1 fully saturated rings. The molecular weight excluding hydrogens is 516 g/mol. The Hall–Kier alpha value is -1.79. The molecule has 8 nitrogen and oxygen atoms in total. The minimum Gasteiger partial charge on any atom is -0.371 e. The van der Waals surface area contributed by atoms with Crippen LogP contribution in [0.15, 0.2) is 33.8 Å². The summed E-state index contributed by atoms with van der Waals surface area (Å²) in [7, 11) is 0. The standard InChI is InChI=1S/C21H30FN5O3.HI/c1-5-23-21(24-11-19-25-20(26-30-19)15(4)28-6-2)27-12-14(3)29-18(13-27)16-7-9-17(22)10-8-16;/h7-10,14-15,18H,5-6,11-13H2,1-4H3,(H,23,24);1H. The number of rotatable bonds is 7. The van der Waals surface area contributed by atoms with Crippen LogP contribution in [0.5, 0.6) is 0 Å². The van der Waals surface area contributed by atoms with Crippen LogP contribution in [0.2, 0.25) is 0 Å². The maximum Gasteiger partial charge on any atom is 0.248 e. The number of hydrogen-bond acceptors (Lipinski definition) is 6. The molecule has 0 amide bonds. The molecule has 1 aromatic heterocycles. The van der Waals surface area contributed by atoms with Crippen molar-refractivity contribution in [2.45, 2.75) is 52.6 Å². The summed E-state index contributed by atoms with van der Waals surface area (Å²) >= 11 is 0. The summed E-state index contributed by atoms with van der Waals surface area (Å²) in [5.41, 5.74) is 0.940. The first-order chi connectivity index (χ1) is 14.5. The average molecular weight is 547 g/mol. The minimum atomic E-state index is -0.257. The lowest BCUT2D eigenvalue weighted by Gasteiger charge is -2.38. The maximum absolute atomic E-state index is 13.3. The number of aliphatic imine (C=N–C) groups is 1. The Balaban J connectivity index is 0.00000341. The molecule has 2 heterocycles. The number of hydrogen-bond donors (Lipinski definition) is 1. The zero-order valence-corrected chi connectivity index (χ0v) is 20.7. The highest BCUT2D eigenvalue weighted by Crippen LogP contribution is 2.25. The van der Waals surface area contributed by atoms with Gasteiger partial charge in [0, 0.05) is 19.7 Å². The number of ether oxygens (including phenoxy) is 2. The maximum atomic E-state index is 13.3. The number of morpholine rings is 1. The Labute approximate surface area is 199 Å². The van der Waals surface area contributed by atoms with Gasteiger partial charge in [-0.25, -0.2) is 9.38 Å². The monoisotopic (exact) mass is 547 g/mol. The first kappa shape index (κ1) is 25.5. The second-order valence-electron chi connectivity index (χ2n) is 7.21. The van der Waals surface area contributed by atoms with Gasteiger partial charge in [0.05, 0.1) is 12.6 Å². The molecule has 0 aliphatic carbocycles. The van der Waals surface area contributed by atoms with Crippen LogP contribution in [0.1, 0.15) is 57.2 Å². The van der Waals surface area contributed by atoms with Crippen LogP contribution >= 0.6 is 24.0 Å². The van der Waals surface area contributed by atoms with Gasteiger partial charge in [0.15, 0.2) is 11.8 Å². The Kier molecular flexibility index (Phi) is 10.1. The predicted octanol–water partition coefficient (Wildman–Crippen LogP) is 3.85. The van der Waals surface area contributed by atoms with Crippen molar-refractivity contribution in [2.75, 3.05) is 26.2 Å². The molecule has 172 valence electrons. The molecule has 3 rings (SSSR count). The quantitative estimate of drug-likeness (QED) is 0.320. The lowest BCUT2D eigenvalue weighted by molar-refractivity contribution is -0.0605. The van der Waals surface area contributed by atoms with Crippen molar-refractivity contribution in [2.24, 2.45) is 4.99 Å². The van der Waals surface area contributed by atoms with Gasteiger partial charge in [-0.3, -0.25) is 0 Å². The third kappa shape index (κ3) is 7.11. The fourth-order valence-electron chi connectivity index (χ4n) is 3.38. The molecule has 3 atom stereocenters. The van der Waals surface area contributed by atoms with Crippen LogP contribution in [0.3, 0.4) is 0 Å². The van der Waals surface area contributed by atoms with E-state index in [0.717, 1.165) is 18.1 Å². The first-order valence-electron chi connectivity index (χ1n) is 10.4. The number of nitrogens with one attached hydrogen (secondary N) is 1. The predicted molar refractivity (Wildman–Crippen MR) is 126 cm³/mol. The van der Waals surface area contributed by atoms with E-state index in [0.29, 0.717) is 31.4 Å². The summed E-state index contributed by atoms with van der Waals surface area (Å²) in [5, 5.41) is 7.30. The lowest BCUT2D eigenvalue weighted by atomic mass is 10.1. The molecule has 0 radical (unpaired) electrons. The number of aromatic nitrogens is 2. The van der Waals surface area contributed by atoms with E-state index in [1.165, 1.54) is 12.1 Å². The molecule has 0 bridgehead atoms. The molecule has 31 heavy (non-hydrogen) atoms. The van der Waals surface area contributed by atoms with Gasteiger partial charge in [-0.15, -0.1) is 24.0 Å². The zero-order chi connectivity index (χ0) is 21.5. The molecule has 1 aromatic carbocycles. The Morgan fingerprint density at radius 2 is 2.06 bits per heavy atom. The van der Waals surface area contributed by atoms with Crippen molar-refractivity contribution in [3.8, 4) is 0 Å². The molecule has 1 N–H and O–H groups in total. The van der Waals surface area contributed by atoms with E-state index in [-0.39, 0.29) is 54.7 Å². The smallest absolute Gasteiger partial charge is 0.248 e. The lowest BCUT2D eigenvalue weighted by Crippen LogP contribution is -2.50. The average Bonchev–Trinajstić information content (AvgIpc) is 3.20. The van der Waals surface area contributed by atoms with E-state index in [9.17, 15) is 4.39 Å². The van der Waals surface area contributed by atoms with E-state index < -0.39 is 0 Å². The van der Waals surface area contributed by atoms with Crippen LogP contribution in [0.25, 0.3) is 0 Å². The van der Waals surface area contributed by atoms with E-state index in [2.05, 4.69) is 25.3 Å². The van der Waals surface area contributed by atoms with Crippen LogP contribution < -0.4 is 5.32 Å². The Morgan fingerprint density at radius 3 is 2.74 bits per heavy atom. The molecule has 0 saturated carbocycles. The SMILES string of the molecule is CCNC(=NCc1nc(C(C)OCC)no1)N1CC(C)OC(c2ccc(F)cc2)C1.I. The summed E-state index contributed by atoms with van der Waals surface area (Å²) in [4.78, 5) is 11.2. The third-order valence-electron chi connectivity index (χ3n) is 4.76. The first-order valence-corrected chi connectivity index (χ1v) is 10.4. The van der Waals surface area contributed by atoms with E-state index >= 15 is 0 Å². The van der Waals surface area contributed by atoms with Crippen molar-refractivity contribution in [3.63, 3.8) is 0 Å². The molecule has 1 aliphatic heterocycles. The molecule has 10 heteroatoms. The second-order valence-corrected chi connectivity index (χ2v) is 7.21. The normalized spacial score (nSPS) is 20.3. The molecular formula is C21H31FIN5O3. The van der Waals surface area contributed by atoms with Crippen molar-refractivity contribution in [3.05, 3.63) is 47.4 Å². The molecule has 1 aliphatic rings. The molecule has 1 saturated heterocycles. The molecule has 0 spiro atoms. The number of guanidine groups is 1. The van der Waals surface area contributed by atoms with Gasteiger partial charge in [-0.1, -0.05) is 17.3 Å². The number of nitrogens with zero attached hydrogens (tertiary/aromatic N) is 4. The highest BCUT2D eigenvalue weighted by atomic mass is 127. The van der Waals surface area contributed by atoms with Gasteiger partial charge in [-0.2, -0.15) is 4.98 Å². The van der Waals surface area contributed by atoms with Crippen molar-refractivity contribution >= 4 is 29.9 Å². The van der Waals surface area contributed by atoms with Gasteiger partial charge in [0.25, 0.3) is 0 Å². The summed E-state index contributed by atoms with van der Waals surface area (Å²) in [6, 6.07) is 6.44. The number of benzene rings is 1. The van der Waals surface area contributed by atoms with Gasteiger partial charge >= 0.3 is 0 Å². The van der Waals surface area contributed by atoms with Crippen LogP contribution in [-0.2, 0) is 16.0 Å². The van der Waals surface area contributed by atoms with Gasteiger partial charge in [0.2, 0.25) is 5.89 Å². The fourth-order valence-corrected chi connectivity index (χ4v) is 3.38. The summed E-state index contributed by atoms with van der Waals surface area (Å²) in [5.74, 6) is 1.44. The minimum absolute atomic E-state index is 0. The van der Waals surface area contributed by atoms with Gasteiger partial charge < -0.3 is 24.2 Å². The largest absolute Gasteiger partial charge is 0.371 e. The third-order valence-corrected chi connectivity index (χ3v) is 4.76. The van der Waals surface area contributed by atoms with Gasteiger partial charge in [0.1, 0.15) is 24.6 Å².